The van der Waals surface area contributed by atoms with Crippen molar-refractivity contribution in [2.75, 3.05) is 5.32 Å². The van der Waals surface area contributed by atoms with Crippen molar-refractivity contribution in [2.24, 2.45) is 7.05 Å². The van der Waals surface area contributed by atoms with Crippen LogP contribution in [-0.4, -0.2) is 15.5 Å². The number of nitrogens with one attached hydrogen (secondary N) is 1. The van der Waals surface area contributed by atoms with Crippen molar-refractivity contribution in [3.63, 3.8) is 0 Å². The topological polar surface area (TPSA) is 77.1 Å². The lowest BCUT2D eigenvalue weighted by Crippen LogP contribution is -2.15. The van der Waals surface area contributed by atoms with Crippen LogP contribution in [0.15, 0.2) is 57.9 Å². The Labute approximate surface area is 163 Å². The molecule has 6 nitrogen and oxygen atoms in total. The molecule has 0 bridgehead atoms. The Bertz CT molecular complexity index is 1290. The normalized spacial score (nSPS) is 11.0. The van der Waals surface area contributed by atoms with Crippen LogP contribution in [-0.2, 0) is 7.05 Å². The average molecular weight is 395 g/mol. The minimum absolute atomic E-state index is 0.374. The number of halogens is 2. The maximum absolute atomic E-state index is 13.8. The average Bonchev–Trinajstić information content (AvgIpc) is 2.98. The summed E-state index contributed by atoms with van der Waals surface area (Å²) in [5, 5.41) is 2.48. The number of carbonyl (C=O) groups is 1. The van der Waals surface area contributed by atoms with Crippen LogP contribution < -0.4 is 11.1 Å². The van der Waals surface area contributed by atoms with E-state index in [2.05, 4.69) is 10.3 Å². The number of oxazole rings is 1. The summed E-state index contributed by atoms with van der Waals surface area (Å²) in [4.78, 5) is 28.2. The van der Waals surface area contributed by atoms with Crippen LogP contribution in [0.25, 0.3) is 22.4 Å². The Morgan fingerprint density at radius 3 is 2.41 bits per heavy atom. The molecule has 0 atom stereocenters. The summed E-state index contributed by atoms with van der Waals surface area (Å²) in [5.41, 5.74) is 2.87. The number of pyridine rings is 1. The summed E-state index contributed by atoms with van der Waals surface area (Å²) < 4.78 is 34.1. The van der Waals surface area contributed by atoms with Gasteiger partial charge in [0, 0.05) is 30.1 Å². The van der Waals surface area contributed by atoms with E-state index in [0.29, 0.717) is 16.9 Å². The fourth-order valence-corrected chi connectivity index (χ4v) is 3.11. The lowest BCUT2D eigenvalue weighted by Gasteiger charge is -2.09. The third-order valence-corrected chi connectivity index (χ3v) is 4.69. The van der Waals surface area contributed by atoms with Crippen LogP contribution in [0, 0.1) is 18.6 Å². The molecule has 1 N–H and O–H groups in total. The van der Waals surface area contributed by atoms with E-state index < -0.39 is 28.9 Å². The molecule has 4 rings (SSSR count). The number of rotatable bonds is 3. The molecule has 0 saturated heterocycles. The lowest BCUT2D eigenvalue weighted by molar-refractivity contribution is 0.101. The maximum atomic E-state index is 13.8. The number of aromatic nitrogens is 2. The zero-order chi connectivity index (χ0) is 20.7. The third-order valence-electron chi connectivity index (χ3n) is 4.69. The predicted molar refractivity (Wildman–Crippen MR) is 104 cm³/mol. The van der Waals surface area contributed by atoms with Crippen LogP contribution >= 0.6 is 0 Å². The molecule has 1 amide bonds. The van der Waals surface area contributed by atoms with Crippen LogP contribution in [0.5, 0.6) is 0 Å². The van der Waals surface area contributed by atoms with Crippen molar-refractivity contribution < 1.29 is 18.0 Å². The van der Waals surface area contributed by atoms with Gasteiger partial charge in [-0.3, -0.25) is 9.36 Å². The van der Waals surface area contributed by atoms with Gasteiger partial charge >= 0.3 is 5.76 Å². The van der Waals surface area contributed by atoms with Gasteiger partial charge in [-0.15, -0.1) is 0 Å². The number of anilines is 1. The number of benzene rings is 2. The first-order valence-corrected chi connectivity index (χ1v) is 8.67. The van der Waals surface area contributed by atoms with E-state index in [9.17, 15) is 18.4 Å². The fourth-order valence-electron chi connectivity index (χ4n) is 3.11. The first-order valence-electron chi connectivity index (χ1n) is 8.67. The Balaban J connectivity index is 1.63. The summed E-state index contributed by atoms with van der Waals surface area (Å²) in [7, 11) is 1.58. The monoisotopic (exact) mass is 395 g/mol. The van der Waals surface area contributed by atoms with E-state index >= 15 is 0 Å². The first-order chi connectivity index (χ1) is 13.9. The van der Waals surface area contributed by atoms with Gasteiger partial charge in [-0.2, -0.15) is 0 Å². The highest BCUT2D eigenvalue weighted by Gasteiger charge is 2.18. The minimum Gasteiger partial charge on any atom is -0.406 e. The number of carbonyl (C=O) groups excluding carboxylic acids is 1. The predicted octanol–water partition coefficient (Wildman–Crippen LogP) is 4.03. The summed E-state index contributed by atoms with van der Waals surface area (Å²) in [6.07, 6.45) is 1.63. The molecule has 0 aliphatic rings. The highest BCUT2D eigenvalue weighted by molar-refractivity contribution is 6.04. The number of aryl methyl sites for hydroxylation is 2. The van der Waals surface area contributed by atoms with Gasteiger partial charge in [0.25, 0.3) is 5.91 Å². The smallest absolute Gasteiger partial charge is 0.406 e. The van der Waals surface area contributed by atoms with Crippen molar-refractivity contribution in [3.05, 3.63) is 82.0 Å². The van der Waals surface area contributed by atoms with Crippen LogP contribution in [0.4, 0.5) is 14.5 Å². The number of hydrogen-bond donors (Lipinski definition) is 1. The summed E-state index contributed by atoms with van der Waals surface area (Å²) >= 11 is 0. The molecule has 29 heavy (non-hydrogen) atoms. The molecule has 8 heteroatoms. The van der Waals surface area contributed by atoms with Gasteiger partial charge in [0.15, 0.2) is 11.2 Å². The van der Waals surface area contributed by atoms with E-state index in [1.54, 1.807) is 37.5 Å². The van der Waals surface area contributed by atoms with E-state index in [1.165, 1.54) is 10.6 Å². The molecule has 0 aliphatic carbocycles. The Kier molecular flexibility index (Phi) is 4.46. The lowest BCUT2D eigenvalue weighted by atomic mass is 10.0. The zero-order valence-electron chi connectivity index (χ0n) is 15.5. The number of nitrogens with zero attached hydrogens (tertiary/aromatic N) is 2. The second-order valence-electron chi connectivity index (χ2n) is 6.50. The molecular formula is C21H15F2N3O3. The van der Waals surface area contributed by atoms with Crippen molar-refractivity contribution >= 4 is 22.8 Å². The second-order valence-corrected chi connectivity index (χ2v) is 6.50. The molecule has 0 spiro atoms. The number of amides is 1. The van der Waals surface area contributed by atoms with Gasteiger partial charge in [-0.1, -0.05) is 18.2 Å². The quantitative estimate of drug-likeness (QED) is 0.568. The molecule has 0 radical (unpaired) electrons. The first kappa shape index (κ1) is 18.5. The van der Waals surface area contributed by atoms with Gasteiger partial charge < -0.3 is 9.73 Å². The van der Waals surface area contributed by atoms with Crippen molar-refractivity contribution in [1.82, 2.24) is 9.55 Å². The Hall–Kier alpha value is -3.81. The molecule has 0 unspecified atom stereocenters. The molecule has 2 aromatic heterocycles. The molecule has 0 saturated carbocycles. The standard InChI is InChI=1S/C21H15F2N3O3/c1-11-14(10-24-19-18(11)29-21(28)26(19)2)12-6-8-13(9-7-12)25-20(27)17-15(22)4-3-5-16(17)23/h3-10H,1-2H3,(H,25,27). The van der Waals surface area contributed by atoms with Gasteiger partial charge in [0.1, 0.15) is 17.2 Å². The fraction of sp³-hybridized carbons (Fsp3) is 0.0952. The van der Waals surface area contributed by atoms with Crippen LogP contribution in [0.1, 0.15) is 15.9 Å². The minimum atomic E-state index is -0.932. The van der Waals surface area contributed by atoms with Crippen molar-refractivity contribution in [3.8, 4) is 11.1 Å². The van der Waals surface area contributed by atoms with Crippen molar-refractivity contribution in [2.45, 2.75) is 6.92 Å². The zero-order valence-corrected chi connectivity index (χ0v) is 15.5. The van der Waals surface area contributed by atoms with Gasteiger partial charge in [-0.25, -0.2) is 18.6 Å². The third kappa shape index (κ3) is 3.18. The molecule has 0 fully saturated rings. The summed E-state index contributed by atoms with van der Waals surface area (Å²) in [5.74, 6) is -3.23. The molecule has 0 aliphatic heterocycles. The number of fused-ring (bicyclic) bond motifs is 1. The highest BCUT2D eigenvalue weighted by Crippen LogP contribution is 2.28. The van der Waals surface area contributed by atoms with E-state index in [4.69, 9.17) is 4.42 Å². The van der Waals surface area contributed by atoms with Crippen LogP contribution in [0.2, 0.25) is 0 Å². The van der Waals surface area contributed by atoms with Crippen LogP contribution in [0.3, 0.4) is 0 Å². The van der Waals surface area contributed by atoms with Crippen molar-refractivity contribution in [1.29, 1.82) is 0 Å². The molecule has 2 aromatic carbocycles. The molecule has 146 valence electrons. The molecule has 2 heterocycles. The summed E-state index contributed by atoms with van der Waals surface area (Å²) in [6, 6.07) is 9.91. The van der Waals surface area contributed by atoms with E-state index in [-0.39, 0.29) is 0 Å². The maximum Gasteiger partial charge on any atom is 0.420 e. The molecular weight excluding hydrogens is 380 g/mol. The highest BCUT2D eigenvalue weighted by atomic mass is 19.1. The second kappa shape index (κ2) is 6.97. The van der Waals surface area contributed by atoms with Gasteiger partial charge in [0.2, 0.25) is 0 Å². The van der Waals surface area contributed by atoms with E-state index in [0.717, 1.165) is 28.8 Å². The van der Waals surface area contributed by atoms with Gasteiger partial charge in [0.05, 0.1) is 0 Å². The summed E-state index contributed by atoms with van der Waals surface area (Å²) in [6.45, 7) is 1.82. The Morgan fingerprint density at radius 1 is 1.10 bits per heavy atom. The SMILES string of the molecule is Cc1c(-c2ccc(NC(=O)c3c(F)cccc3F)cc2)cnc2c1oc(=O)n2C. The number of hydrogen-bond acceptors (Lipinski definition) is 4. The molecule has 4 aromatic rings. The largest absolute Gasteiger partial charge is 0.420 e. The van der Waals surface area contributed by atoms with E-state index in [1.807, 2.05) is 6.92 Å². The Morgan fingerprint density at radius 2 is 1.76 bits per heavy atom. The van der Waals surface area contributed by atoms with Gasteiger partial charge in [-0.05, 0) is 36.8 Å².